The van der Waals surface area contributed by atoms with Crippen molar-refractivity contribution in [2.45, 2.75) is 45.1 Å². The Morgan fingerprint density at radius 3 is 2.65 bits per heavy atom. The van der Waals surface area contributed by atoms with E-state index in [4.69, 9.17) is 4.74 Å². The summed E-state index contributed by atoms with van der Waals surface area (Å²) in [7, 11) is 0. The standard InChI is InChI=1S/C26H29NO4/c28-22-5-6-23(29)19(9-22)14-27-21-3-1-18(2-4-21)24(30)31-15-25-10-17-7-16-8-20(13-25)26(25,11-16)12-17/h1-6,9,16-17,20,27-29H,7-8,10-15H2. The maximum absolute atomic E-state index is 12.7. The van der Waals surface area contributed by atoms with Crippen LogP contribution in [-0.2, 0) is 11.3 Å². The molecule has 0 aromatic heterocycles. The van der Waals surface area contributed by atoms with Gasteiger partial charge >= 0.3 is 5.97 Å². The molecule has 2 aromatic rings. The van der Waals surface area contributed by atoms with Crippen LogP contribution in [0.15, 0.2) is 42.5 Å². The van der Waals surface area contributed by atoms with Crippen LogP contribution in [0.25, 0.3) is 0 Å². The quantitative estimate of drug-likeness (QED) is 0.449. The van der Waals surface area contributed by atoms with Gasteiger partial charge < -0.3 is 20.3 Å². The Bertz CT molecular complexity index is 1030. The minimum atomic E-state index is -0.234. The van der Waals surface area contributed by atoms with Crippen LogP contribution in [0.5, 0.6) is 11.5 Å². The molecule has 4 saturated carbocycles. The maximum atomic E-state index is 12.7. The Balaban J connectivity index is 1.07. The number of phenols is 2. The molecule has 5 unspecified atom stereocenters. The summed E-state index contributed by atoms with van der Waals surface area (Å²) in [5, 5.41) is 22.7. The molecule has 0 saturated heterocycles. The predicted octanol–water partition coefficient (Wildman–Crippen LogP) is 5.08. The Kier molecular flexibility index (Phi) is 4.08. The fourth-order valence-corrected chi connectivity index (χ4v) is 7.76. The zero-order valence-electron chi connectivity index (χ0n) is 17.6. The number of hydrogen-bond donors (Lipinski definition) is 3. The number of nitrogens with one attached hydrogen (secondary N) is 1. The second-order valence-corrected chi connectivity index (χ2v) is 10.5. The number of carbonyl (C=O) groups excluding carboxylic acids is 1. The van der Waals surface area contributed by atoms with Gasteiger partial charge in [-0.15, -0.1) is 0 Å². The van der Waals surface area contributed by atoms with E-state index in [0.29, 0.717) is 29.7 Å². The number of fused-ring (bicyclic) bond motifs is 2. The van der Waals surface area contributed by atoms with Crippen LogP contribution in [-0.4, -0.2) is 22.8 Å². The van der Waals surface area contributed by atoms with E-state index in [2.05, 4.69) is 5.32 Å². The minimum Gasteiger partial charge on any atom is -0.508 e. The number of rotatable bonds is 6. The molecule has 3 N–H and O–H groups in total. The number of phenolic OH excluding ortho intramolecular Hbond substituents is 2. The highest BCUT2D eigenvalue weighted by atomic mass is 16.5. The molecule has 4 aliphatic rings. The summed E-state index contributed by atoms with van der Waals surface area (Å²) in [6.07, 6.45) is 8.10. The van der Waals surface area contributed by atoms with Gasteiger partial charge in [-0.1, -0.05) is 0 Å². The third-order valence-corrected chi connectivity index (χ3v) is 8.89. The van der Waals surface area contributed by atoms with Crippen molar-refractivity contribution in [3.63, 3.8) is 0 Å². The topological polar surface area (TPSA) is 78.8 Å². The average molecular weight is 420 g/mol. The van der Waals surface area contributed by atoms with E-state index in [-0.39, 0.29) is 22.9 Å². The van der Waals surface area contributed by atoms with Crippen molar-refractivity contribution in [3.8, 4) is 11.5 Å². The van der Waals surface area contributed by atoms with Crippen LogP contribution in [0.2, 0.25) is 0 Å². The number of ether oxygens (including phenoxy) is 1. The highest BCUT2D eigenvalue weighted by Crippen LogP contribution is 2.81. The summed E-state index contributed by atoms with van der Waals surface area (Å²) in [5.74, 6) is 2.70. The molecule has 4 fully saturated rings. The number of esters is 1. The molecule has 6 rings (SSSR count). The van der Waals surface area contributed by atoms with Gasteiger partial charge in [-0.25, -0.2) is 4.79 Å². The van der Waals surface area contributed by atoms with Crippen LogP contribution in [0.3, 0.4) is 0 Å². The van der Waals surface area contributed by atoms with Gasteiger partial charge in [-0.3, -0.25) is 0 Å². The van der Waals surface area contributed by atoms with E-state index in [1.54, 1.807) is 12.1 Å². The first-order valence-electron chi connectivity index (χ1n) is 11.5. The second-order valence-electron chi connectivity index (χ2n) is 10.5. The Hall–Kier alpha value is -2.69. The van der Waals surface area contributed by atoms with E-state index in [1.807, 2.05) is 12.1 Å². The van der Waals surface area contributed by atoms with Gasteiger partial charge in [0.2, 0.25) is 0 Å². The van der Waals surface area contributed by atoms with Gasteiger partial charge in [-0.2, -0.15) is 0 Å². The summed E-state index contributed by atoms with van der Waals surface area (Å²) in [6.45, 7) is 0.959. The van der Waals surface area contributed by atoms with E-state index >= 15 is 0 Å². The molecule has 31 heavy (non-hydrogen) atoms. The molecule has 0 aliphatic heterocycles. The van der Waals surface area contributed by atoms with Gasteiger partial charge in [-0.05, 0) is 104 Å². The van der Waals surface area contributed by atoms with Gasteiger partial charge in [0, 0.05) is 23.2 Å². The van der Waals surface area contributed by atoms with Crippen molar-refractivity contribution >= 4 is 11.7 Å². The van der Waals surface area contributed by atoms with Gasteiger partial charge in [0.05, 0.1) is 12.2 Å². The summed E-state index contributed by atoms with van der Waals surface area (Å²) >= 11 is 0. The SMILES string of the molecule is O=C(OCC12CC3CC4CC(C1)C2(C4)C3)c1ccc(NCc2cc(O)ccc2O)cc1. The maximum Gasteiger partial charge on any atom is 0.338 e. The molecular weight excluding hydrogens is 390 g/mol. The first kappa shape index (κ1) is 19.0. The van der Waals surface area contributed by atoms with E-state index in [1.165, 1.54) is 56.7 Å². The Labute approximate surface area is 182 Å². The number of aromatic hydroxyl groups is 2. The fourth-order valence-electron chi connectivity index (χ4n) is 7.76. The molecule has 162 valence electrons. The summed E-state index contributed by atoms with van der Waals surface area (Å²) in [6, 6.07) is 11.7. The summed E-state index contributed by atoms with van der Waals surface area (Å²) in [4.78, 5) is 12.7. The molecule has 5 nitrogen and oxygen atoms in total. The summed E-state index contributed by atoms with van der Waals surface area (Å²) in [5.41, 5.74) is 2.76. The molecule has 1 spiro atoms. The lowest BCUT2D eigenvalue weighted by Crippen LogP contribution is -2.54. The third kappa shape index (κ3) is 2.85. The number of benzene rings is 2. The smallest absolute Gasteiger partial charge is 0.338 e. The number of hydrogen-bond acceptors (Lipinski definition) is 5. The van der Waals surface area contributed by atoms with Crippen LogP contribution in [0, 0.1) is 28.6 Å². The van der Waals surface area contributed by atoms with Crippen molar-refractivity contribution in [2.75, 3.05) is 11.9 Å². The Morgan fingerprint density at radius 2 is 1.81 bits per heavy atom. The zero-order valence-corrected chi connectivity index (χ0v) is 17.6. The lowest BCUT2D eigenvalue weighted by Gasteiger charge is -2.58. The summed E-state index contributed by atoms with van der Waals surface area (Å²) < 4.78 is 5.88. The van der Waals surface area contributed by atoms with Gasteiger partial charge in [0.25, 0.3) is 0 Å². The Morgan fingerprint density at radius 1 is 1.00 bits per heavy atom. The van der Waals surface area contributed by atoms with E-state index in [0.717, 1.165) is 23.4 Å². The average Bonchev–Trinajstić information content (AvgIpc) is 3.08. The molecule has 0 radical (unpaired) electrons. The lowest BCUT2D eigenvalue weighted by molar-refractivity contribution is -0.131. The van der Waals surface area contributed by atoms with Crippen LogP contribution in [0.4, 0.5) is 5.69 Å². The highest BCUT2D eigenvalue weighted by molar-refractivity contribution is 5.89. The van der Waals surface area contributed by atoms with Crippen LogP contribution in [0.1, 0.15) is 54.4 Å². The second kappa shape index (κ2) is 6.65. The monoisotopic (exact) mass is 419 g/mol. The largest absolute Gasteiger partial charge is 0.508 e. The van der Waals surface area contributed by atoms with Gasteiger partial charge in [0.15, 0.2) is 0 Å². The van der Waals surface area contributed by atoms with Crippen molar-refractivity contribution in [1.82, 2.24) is 0 Å². The first-order valence-corrected chi connectivity index (χ1v) is 11.5. The van der Waals surface area contributed by atoms with Crippen LogP contribution >= 0.6 is 0 Å². The van der Waals surface area contributed by atoms with Crippen molar-refractivity contribution in [1.29, 1.82) is 0 Å². The molecule has 2 aromatic carbocycles. The number of anilines is 1. The lowest BCUT2D eigenvalue weighted by atomic mass is 9.46. The van der Waals surface area contributed by atoms with Crippen LogP contribution < -0.4 is 5.32 Å². The normalized spacial score (nSPS) is 34.3. The first-order chi connectivity index (χ1) is 15.0. The molecule has 0 amide bonds. The molecule has 4 aliphatic carbocycles. The van der Waals surface area contributed by atoms with E-state index in [9.17, 15) is 15.0 Å². The van der Waals surface area contributed by atoms with E-state index < -0.39 is 0 Å². The van der Waals surface area contributed by atoms with Gasteiger partial charge in [0.1, 0.15) is 11.5 Å². The molecule has 5 heteroatoms. The number of carbonyl (C=O) groups is 1. The molecule has 3 bridgehead atoms. The molecule has 5 atom stereocenters. The molecule has 0 heterocycles. The third-order valence-electron chi connectivity index (χ3n) is 8.89. The fraction of sp³-hybridized carbons (Fsp3) is 0.500. The van der Waals surface area contributed by atoms with Crippen molar-refractivity contribution < 1.29 is 19.7 Å². The van der Waals surface area contributed by atoms with Crippen molar-refractivity contribution in [2.24, 2.45) is 28.6 Å². The predicted molar refractivity (Wildman–Crippen MR) is 117 cm³/mol. The van der Waals surface area contributed by atoms with Crippen molar-refractivity contribution in [3.05, 3.63) is 53.6 Å². The zero-order chi connectivity index (χ0) is 21.2. The minimum absolute atomic E-state index is 0.115. The molecular formula is C26H29NO4. The highest BCUT2D eigenvalue weighted by Gasteiger charge is 2.74.